The van der Waals surface area contributed by atoms with Crippen LogP contribution in [0.15, 0.2) is 114 Å². The number of hydrogen-bond donors (Lipinski definition) is 0. The summed E-state index contributed by atoms with van der Waals surface area (Å²) in [6.07, 6.45) is 0. The van der Waals surface area contributed by atoms with Gasteiger partial charge in [-0.3, -0.25) is 0 Å². The molecule has 0 saturated carbocycles. The second-order valence-electron chi connectivity index (χ2n) is 11.4. The van der Waals surface area contributed by atoms with Gasteiger partial charge in [0.15, 0.2) is 22.5 Å². The molecule has 214 valence electrons. The van der Waals surface area contributed by atoms with E-state index in [1.807, 2.05) is 97.1 Å². The highest BCUT2D eigenvalue weighted by Crippen LogP contribution is 2.42. The Morgan fingerprint density at radius 1 is 0.489 bits per heavy atom. The lowest BCUT2D eigenvalue weighted by molar-refractivity contribution is 0.664. The van der Waals surface area contributed by atoms with E-state index in [1.54, 1.807) is 0 Å². The van der Waals surface area contributed by atoms with E-state index in [1.165, 1.54) is 0 Å². The van der Waals surface area contributed by atoms with Gasteiger partial charge in [0, 0.05) is 21.5 Å². The van der Waals surface area contributed by atoms with E-state index in [2.05, 4.69) is 43.1 Å². The summed E-state index contributed by atoms with van der Waals surface area (Å²) >= 11 is 0. The minimum absolute atomic E-state index is 0.530. The number of benzene rings is 6. The molecule has 0 aliphatic heterocycles. The van der Waals surface area contributed by atoms with Gasteiger partial charge in [-0.05, 0) is 83.6 Å². The van der Waals surface area contributed by atoms with Crippen molar-refractivity contribution in [1.82, 2.24) is 9.13 Å². The number of fused-ring (bicyclic) bond motifs is 9. The third-order valence-electron chi connectivity index (χ3n) is 8.98. The van der Waals surface area contributed by atoms with E-state index in [0.717, 1.165) is 65.8 Å². The summed E-state index contributed by atoms with van der Waals surface area (Å²) in [4.78, 5) is 7.30. The van der Waals surface area contributed by atoms with Crippen LogP contribution in [0.5, 0.6) is 0 Å². The maximum Gasteiger partial charge on any atom is 0.188 e. The van der Waals surface area contributed by atoms with Gasteiger partial charge < -0.3 is 13.6 Å². The predicted molar refractivity (Wildman–Crippen MR) is 184 cm³/mol. The Morgan fingerprint density at radius 3 is 1.30 bits per heavy atom. The van der Waals surface area contributed by atoms with Crippen molar-refractivity contribution >= 4 is 76.9 Å². The Bertz CT molecular complexity index is 2670. The number of aromatic nitrogens is 2. The van der Waals surface area contributed by atoms with E-state index >= 15 is 0 Å². The molecular weight excluding hydrogens is 580 g/mol. The molecule has 0 spiro atoms. The Hall–Kier alpha value is -7.32. The molecular formula is C40H18N6O. The number of furan rings is 1. The Kier molecular flexibility index (Phi) is 5.33. The van der Waals surface area contributed by atoms with Crippen molar-refractivity contribution in [3.8, 4) is 23.5 Å². The van der Waals surface area contributed by atoms with Gasteiger partial charge in [0.1, 0.15) is 0 Å². The second kappa shape index (κ2) is 9.59. The minimum atomic E-state index is 0.530. The highest BCUT2D eigenvalue weighted by atomic mass is 16.3. The van der Waals surface area contributed by atoms with E-state index in [9.17, 15) is 10.5 Å². The molecule has 0 saturated heterocycles. The number of nitriles is 2. The first-order chi connectivity index (χ1) is 23.1. The fourth-order valence-corrected chi connectivity index (χ4v) is 6.96. The Labute approximate surface area is 267 Å². The maximum atomic E-state index is 9.65. The number of rotatable bonds is 2. The summed E-state index contributed by atoms with van der Waals surface area (Å²) in [5.74, 6) is 0. The van der Waals surface area contributed by atoms with Crippen molar-refractivity contribution in [3.05, 3.63) is 143 Å². The molecule has 7 nitrogen and oxygen atoms in total. The van der Waals surface area contributed by atoms with Crippen LogP contribution < -0.4 is 0 Å². The van der Waals surface area contributed by atoms with E-state index in [-0.39, 0.29) is 0 Å². The standard InChI is InChI=1S/C40H18N6O/c1-43-25-11-15-35-31(19-25)29-17-23(21-41)9-13-33(29)45(35)37-7-3-5-27-28-6-4-8-38(40(28)47-39(27)37)46-34-14-10-24(22-42)18-30(34)32-20-26(44-2)12-16-36(32)46/h3-20H. The van der Waals surface area contributed by atoms with Crippen LogP contribution in [0.25, 0.3) is 86.6 Å². The predicted octanol–water partition coefficient (Wildman–Crippen LogP) is 10.6. The third kappa shape index (κ3) is 3.57. The lowest BCUT2D eigenvalue weighted by Gasteiger charge is -2.09. The Morgan fingerprint density at radius 2 is 0.894 bits per heavy atom. The van der Waals surface area contributed by atoms with Crippen LogP contribution in [0.3, 0.4) is 0 Å². The van der Waals surface area contributed by atoms with Crippen molar-refractivity contribution in [2.45, 2.75) is 0 Å². The lowest BCUT2D eigenvalue weighted by atomic mass is 10.1. The molecule has 9 rings (SSSR count). The van der Waals surface area contributed by atoms with Gasteiger partial charge in [0.2, 0.25) is 0 Å². The molecule has 0 unspecified atom stereocenters. The van der Waals surface area contributed by atoms with Crippen LogP contribution in [-0.2, 0) is 0 Å². The van der Waals surface area contributed by atoms with Gasteiger partial charge in [-0.25, -0.2) is 9.69 Å². The lowest BCUT2D eigenvalue weighted by Crippen LogP contribution is -1.94. The van der Waals surface area contributed by atoms with Gasteiger partial charge in [-0.1, -0.05) is 36.4 Å². The largest absolute Gasteiger partial charge is 0.452 e. The molecule has 0 amide bonds. The van der Waals surface area contributed by atoms with Crippen LogP contribution in [0, 0.1) is 35.8 Å². The molecule has 3 aromatic heterocycles. The molecule has 0 N–H and O–H groups in total. The van der Waals surface area contributed by atoms with Crippen molar-refractivity contribution in [1.29, 1.82) is 10.5 Å². The summed E-state index contributed by atoms with van der Waals surface area (Å²) in [7, 11) is 0. The monoisotopic (exact) mass is 598 g/mol. The molecule has 0 aliphatic rings. The first kappa shape index (κ1) is 26.1. The SMILES string of the molecule is [C-]#[N+]c1ccc2c(c1)c1cc(C#N)ccc1n2-c1cccc2c1oc1c(-n3c4ccc(C#N)cc4c4cc([N+]#[C-])ccc43)cccc12. The van der Waals surface area contributed by atoms with Crippen molar-refractivity contribution in [2.75, 3.05) is 0 Å². The molecule has 0 bridgehead atoms. The van der Waals surface area contributed by atoms with E-state index in [0.29, 0.717) is 33.7 Å². The zero-order chi connectivity index (χ0) is 31.8. The molecule has 47 heavy (non-hydrogen) atoms. The maximum absolute atomic E-state index is 9.65. The molecule has 0 aliphatic carbocycles. The van der Waals surface area contributed by atoms with Crippen molar-refractivity contribution in [3.63, 3.8) is 0 Å². The smallest absolute Gasteiger partial charge is 0.188 e. The summed E-state index contributed by atoms with van der Waals surface area (Å²) in [6.45, 7) is 15.2. The highest BCUT2D eigenvalue weighted by molar-refractivity contribution is 6.16. The fourth-order valence-electron chi connectivity index (χ4n) is 6.96. The van der Waals surface area contributed by atoms with Crippen LogP contribution in [0.2, 0.25) is 0 Å². The topological polar surface area (TPSA) is 79.3 Å². The Balaban J connectivity index is 1.38. The van der Waals surface area contributed by atoms with Crippen LogP contribution in [-0.4, -0.2) is 9.13 Å². The molecule has 7 heteroatoms. The molecule has 0 fully saturated rings. The minimum Gasteiger partial charge on any atom is -0.452 e. The van der Waals surface area contributed by atoms with Crippen molar-refractivity contribution in [2.24, 2.45) is 0 Å². The van der Waals surface area contributed by atoms with Gasteiger partial charge >= 0.3 is 0 Å². The third-order valence-corrected chi connectivity index (χ3v) is 8.98. The normalized spacial score (nSPS) is 11.3. The van der Waals surface area contributed by atoms with Crippen LogP contribution in [0.4, 0.5) is 11.4 Å². The van der Waals surface area contributed by atoms with Gasteiger partial charge in [0.05, 0.1) is 69.9 Å². The number of hydrogen-bond acceptors (Lipinski definition) is 3. The summed E-state index contributed by atoms with van der Waals surface area (Å²) in [6, 6.07) is 39.2. The molecule has 3 heterocycles. The van der Waals surface area contributed by atoms with E-state index in [4.69, 9.17) is 17.6 Å². The quantitative estimate of drug-likeness (QED) is 0.186. The first-order valence-corrected chi connectivity index (χ1v) is 14.8. The van der Waals surface area contributed by atoms with Crippen molar-refractivity contribution < 1.29 is 4.42 Å². The average molecular weight is 599 g/mol. The summed E-state index contributed by atoms with van der Waals surface area (Å²) in [5, 5.41) is 24.8. The van der Waals surface area contributed by atoms with Gasteiger partial charge in [-0.15, -0.1) is 0 Å². The molecule has 6 aromatic carbocycles. The van der Waals surface area contributed by atoms with Gasteiger partial charge in [-0.2, -0.15) is 10.5 Å². The second-order valence-corrected chi connectivity index (χ2v) is 11.4. The number of nitrogens with zero attached hydrogens (tertiary/aromatic N) is 6. The molecule has 0 atom stereocenters. The van der Waals surface area contributed by atoms with Crippen LogP contribution >= 0.6 is 0 Å². The van der Waals surface area contributed by atoms with Crippen LogP contribution in [0.1, 0.15) is 11.1 Å². The molecule has 9 aromatic rings. The zero-order valence-electron chi connectivity index (χ0n) is 24.5. The summed E-state index contributed by atoms with van der Waals surface area (Å²) < 4.78 is 11.2. The number of para-hydroxylation sites is 2. The van der Waals surface area contributed by atoms with E-state index < -0.39 is 0 Å². The fraction of sp³-hybridized carbons (Fsp3) is 0. The zero-order valence-corrected chi connectivity index (χ0v) is 24.5. The molecule has 0 radical (unpaired) electrons. The first-order valence-electron chi connectivity index (χ1n) is 14.8. The summed E-state index contributed by atoms with van der Waals surface area (Å²) in [5.41, 5.74) is 8.86. The average Bonchev–Trinajstić information content (AvgIpc) is 3.78. The van der Waals surface area contributed by atoms with Gasteiger partial charge in [0.25, 0.3) is 0 Å². The highest BCUT2D eigenvalue weighted by Gasteiger charge is 2.21.